The maximum Gasteiger partial charge on any atom is 0.262 e. The third-order valence-corrected chi connectivity index (χ3v) is 8.52. The van der Waals surface area contributed by atoms with Gasteiger partial charge in [0.1, 0.15) is 4.83 Å². The highest BCUT2D eigenvalue weighted by Gasteiger charge is 2.35. The fraction of sp³-hybridized carbons (Fsp3) is 0.538. The molecule has 0 bridgehead atoms. The standard InChI is InChI=1S/C26H33N3O2S/c1-2-3-13-29-18-28-24-23(25(29)30)21-10-9-20(16-22(21)32-24)27-17-26(11-14-31-15-12-26)19-7-5-4-6-8-19/h4-8,18,20,27H,2-3,9-17H2,1H3/t20-/m0/s1. The summed E-state index contributed by atoms with van der Waals surface area (Å²) < 4.78 is 7.50. The van der Waals surface area contributed by atoms with E-state index in [9.17, 15) is 4.79 Å². The van der Waals surface area contributed by atoms with Crippen LogP contribution in [0.4, 0.5) is 0 Å². The first kappa shape index (κ1) is 21.8. The van der Waals surface area contributed by atoms with Gasteiger partial charge in [0.05, 0.1) is 11.7 Å². The molecule has 0 unspecified atom stereocenters. The van der Waals surface area contributed by atoms with Crippen molar-refractivity contribution in [2.24, 2.45) is 0 Å². The number of nitrogens with one attached hydrogen (secondary N) is 1. The number of aromatic nitrogens is 2. The van der Waals surface area contributed by atoms with Gasteiger partial charge in [-0.15, -0.1) is 11.3 Å². The van der Waals surface area contributed by atoms with Gasteiger partial charge < -0.3 is 10.1 Å². The van der Waals surface area contributed by atoms with Gasteiger partial charge in [0, 0.05) is 42.6 Å². The van der Waals surface area contributed by atoms with E-state index in [2.05, 4.69) is 47.6 Å². The van der Waals surface area contributed by atoms with Crippen LogP contribution in [0.3, 0.4) is 0 Å². The van der Waals surface area contributed by atoms with Crippen molar-refractivity contribution in [2.75, 3.05) is 19.8 Å². The molecule has 2 aromatic heterocycles. The molecule has 5 rings (SSSR count). The highest BCUT2D eigenvalue weighted by atomic mass is 32.1. The van der Waals surface area contributed by atoms with Gasteiger partial charge in [0.25, 0.3) is 5.56 Å². The van der Waals surface area contributed by atoms with E-state index in [4.69, 9.17) is 4.74 Å². The van der Waals surface area contributed by atoms with Crippen LogP contribution in [0, 0.1) is 0 Å². The number of unbranched alkanes of at least 4 members (excludes halogenated alkanes) is 1. The van der Waals surface area contributed by atoms with Crippen molar-refractivity contribution in [1.29, 1.82) is 0 Å². The largest absolute Gasteiger partial charge is 0.381 e. The number of ether oxygens (including phenoxy) is 1. The minimum Gasteiger partial charge on any atom is -0.381 e. The van der Waals surface area contributed by atoms with E-state index in [0.29, 0.717) is 6.04 Å². The summed E-state index contributed by atoms with van der Waals surface area (Å²) in [5.74, 6) is 0. The van der Waals surface area contributed by atoms with Crippen molar-refractivity contribution in [3.63, 3.8) is 0 Å². The van der Waals surface area contributed by atoms with Crippen molar-refractivity contribution >= 4 is 21.6 Å². The predicted molar refractivity (Wildman–Crippen MR) is 131 cm³/mol. The van der Waals surface area contributed by atoms with Gasteiger partial charge in [-0.3, -0.25) is 9.36 Å². The van der Waals surface area contributed by atoms with E-state index in [-0.39, 0.29) is 11.0 Å². The predicted octanol–water partition coefficient (Wildman–Crippen LogP) is 4.45. The third kappa shape index (κ3) is 4.16. The molecule has 1 aromatic carbocycles. The van der Waals surface area contributed by atoms with Crippen LogP contribution < -0.4 is 10.9 Å². The smallest absolute Gasteiger partial charge is 0.262 e. The van der Waals surface area contributed by atoms with Crippen LogP contribution in [0.15, 0.2) is 41.5 Å². The average molecular weight is 452 g/mol. The highest BCUT2D eigenvalue weighted by Crippen LogP contribution is 2.36. The first-order valence-electron chi connectivity index (χ1n) is 12.1. The van der Waals surface area contributed by atoms with E-state index < -0.39 is 0 Å². The number of hydrogen-bond acceptors (Lipinski definition) is 5. The molecule has 0 spiro atoms. The van der Waals surface area contributed by atoms with Crippen LogP contribution in [0.2, 0.25) is 0 Å². The minimum absolute atomic E-state index is 0.147. The number of aryl methyl sites for hydroxylation is 2. The number of fused-ring (bicyclic) bond motifs is 3. The van der Waals surface area contributed by atoms with E-state index in [1.165, 1.54) is 16.0 Å². The summed E-state index contributed by atoms with van der Waals surface area (Å²) in [4.78, 5) is 20.0. The van der Waals surface area contributed by atoms with Crippen LogP contribution in [0.25, 0.3) is 10.2 Å². The maximum absolute atomic E-state index is 13.1. The van der Waals surface area contributed by atoms with E-state index >= 15 is 0 Å². The number of nitrogens with zero attached hydrogens (tertiary/aromatic N) is 2. The molecule has 6 heteroatoms. The van der Waals surface area contributed by atoms with Gasteiger partial charge in [-0.2, -0.15) is 0 Å². The maximum atomic E-state index is 13.1. The van der Waals surface area contributed by atoms with E-state index in [0.717, 1.165) is 81.5 Å². The lowest BCUT2D eigenvalue weighted by atomic mass is 9.74. The van der Waals surface area contributed by atoms with Crippen molar-refractivity contribution in [2.45, 2.75) is 69.9 Å². The number of rotatable bonds is 7. The van der Waals surface area contributed by atoms with E-state index in [1.807, 2.05) is 0 Å². The van der Waals surface area contributed by atoms with Crippen LogP contribution in [0.1, 0.15) is 55.0 Å². The summed E-state index contributed by atoms with van der Waals surface area (Å²) in [7, 11) is 0. The summed E-state index contributed by atoms with van der Waals surface area (Å²) in [6.45, 7) is 5.56. The van der Waals surface area contributed by atoms with Gasteiger partial charge in [-0.25, -0.2) is 4.98 Å². The Morgan fingerprint density at radius 1 is 1.25 bits per heavy atom. The molecule has 1 atom stereocenters. The Bertz CT molecular complexity index is 1120. The second-order valence-corrected chi connectivity index (χ2v) is 10.4. The normalized spacial score (nSPS) is 20.3. The van der Waals surface area contributed by atoms with Crippen molar-refractivity contribution in [3.8, 4) is 0 Å². The molecule has 5 nitrogen and oxygen atoms in total. The zero-order valence-electron chi connectivity index (χ0n) is 18.9. The minimum atomic E-state index is 0.147. The topological polar surface area (TPSA) is 56.2 Å². The third-order valence-electron chi connectivity index (χ3n) is 7.35. The molecule has 1 saturated heterocycles. The molecule has 0 amide bonds. The first-order valence-corrected chi connectivity index (χ1v) is 12.9. The molecule has 3 heterocycles. The van der Waals surface area contributed by atoms with Gasteiger partial charge in [0.15, 0.2) is 0 Å². The zero-order valence-corrected chi connectivity index (χ0v) is 19.8. The molecule has 1 aliphatic heterocycles. The molecular formula is C26H33N3O2S. The summed E-state index contributed by atoms with van der Waals surface area (Å²) in [5, 5.41) is 4.80. The van der Waals surface area contributed by atoms with Crippen LogP contribution in [-0.2, 0) is 29.5 Å². The van der Waals surface area contributed by atoms with Gasteiger partial charge in [-0.05, 0) is 49.7 Å². The Morgan fingerprint density at radius 2 is 2.06 bits per heavy atom. The van der Waals surface area contributed by atoms with Crippen LogP contribution in [-0.4, -0.2) is 35.4 Å². The van der Waals surface area contributed by atoms with Crippen LogP contribution >= 0.6 is 11.3 Å². The molecular weight excluding hydrogens is 418 g/mol. The molecule has 0 radical (unpaired) electrons. The molecule has 1 fully saturated rings. The molecule has 2 aliphatic rings. The second-order valence-electron chi connectivity index (χ2n) is 9.36. The van der Waals surface area contributed by atoms with Gasteiger partial charge in [-0.1, -0.05) is 43.7 Å². The fourth-order valence-corrected chi connectivity index (χ4v) is 6.58. The lowest BCUT2D eigenvalue weighted by molar-refractivity contribution is 0.0487. The Balaban J connectivity index is 1.34. The Hall–Kier alpha value is -2.02. The van der Waals surface area contributed by atoms with Crippen molar-refractivity contribution < 1.29 is 4.74 Å². The lowest BCUT2D eigenvalue weighted by Gasteiger charge is -2.39. The molecule has 1 aliphatic carbocycles. The average Bonchev–Trinajstić information content (AvgIpc) is 3.22. The van der Waals surface area contributed by atoms with Gasteiger partial charge in [0.2, 0.25) is 0 Å². The molecule has 3 aromatic rings. The summed E-state index contributed by atoms with van der Waals surface area (Å²) in [5.41, 5.74) is 2.98. The zero-order chi connectivity index (χ0) is 22.0. The lowest BCUT2D eigenvalue weighted by Crippen LogP contribution is -2.47. The number of hydrogen-bond donors (Lipinski definition) is 1. The van der Waals surface area contributed by atoms with Crippen molar-refractivity contribution in [3.05, 3.63) is 63.0 Å². The van der Waals surface area contributed by atoms with Crippen molar-refractivity contribution in [1.82, 2.24) is 14.9 Å². The van der Waals surface area contributed by atoms with Crippen LogP contribution in [0.5, 0.6) is 0 Å². The fourth-order valence-electron chi connectivity index (χ4n) is 5.32. The SMILES string of the molecule is CCCCn1cnc2sc3c(c2c1=O)CC[C@H](NCC1(c2ccccc2)CCOCC1)C3. The van der Waals surface area contributed by atoms with E-state index in [1.54, 1.807) is 22.2 Å². The Morgan fingerprint density at radius 3 is 2.84 bits per heavy atom. The molecule has 170 valence electrons. The Labute approximate surface area is 193 Å². The summed E-state index contributed by atoms with van der Waals surface area (Å²) in [6, 6.07) is 11.4. The van der Waals surface area contributed by atoms with Gasteiger partial charge >= 0.3 is 0 Å². The molecule has 0 saturated carbocycles. The highest BCUT2D eigenvalue weighted by molar-refractivity contribution is 7.18. The monoisotopic (exact) mass is 451 g/mol. The summed E-state index contributed by atoms with van der Waals surface area (Å²) >= 11 is 1.72. The Kier molecular flexibility index (Phi) is 6.44. The first-order chi connectivity index (χ1) is 15.7. The quantitative estimate of drug-likeness (QED) is 0.577. The summed E-state index contributed by atoms with van der Waals surface area (Å²) in [6.07, 6.45) is 8.99. The molecule has 1 N–H and O–H groups in total. The molecule has 32 heavy (non-hydrogen) atoms. The number of thiophene rings is 1. The second kappa shape index (κ2) is 9.46. The number of benzene rings is 1.